The number of carbonyl (C=O) groups is 2. The number of rotatable bonds is 4. The maximum absolute atomic E-state index is 12.2. The van der Waals surface area contributed by atoms with E-state index in [4.69, 9.17) is 0 Å². The summed E-state index contributed by atoms with van der Waals surface area (Å²) in [6.07, 6.45) is 2.81. The predicted molar refractivity (Wildman–Crippen MR) is 80.0 cm³/mol. The van der Waals surface area contributed by atoms with E-state index in [1.165, 1.54) is 0 Å². The highest BCUT2D eigenvalue weighted by Crippen LogP contribution is 2.16. The number of amides is 2. The maximum atomic E-state index is 12.2. The van der Waals surface area contributed by atoms with E-state index >= 15 is 0 Å². The molecule has 0 bridgehead atoms. The molecule has 1 saturated heterocycles. The van der Waals surface area contributed by atoms with Crippen LogP contribution in [0.3, 0.4) is 0 Å². The largest absolute Gasteiger partial charge is 0.394 e. The Hall–Kier alpha value is -1.88. The van der Waals surface area contributed by atoms with Gasteiger partial charge in [0, 0.05) is 12.1 Å². The Morgan fingerprint density at radius 1 is 1.29 bits per heavy atom. The lowest BCUT2D eigenvalue weighted by molar-refractivity contribution is -0.134. The highest BCUT2D eigenvalue weighted by atomic mass is 16.3. The van der Waals surface area contributed by atoms with Gasteiger partial charge in [-0.25, -0.2) is 0 Å². The van der Waals surface area contributed by atoms with E-state index in [-0.39, 0.29) is 31.0 Å². The minimum atomic E-state index is -0.249. The molecule has 2 rings (SSSR count). The number of piperidine rings is 1. The molecule has 1 atom stereocenters. The summed E-state index contributed by atoms with van der Waals surface area (Å²) in [4.78, 5) is 25.8. The smallest absolute Gasteiger partial charge is 0.251 e. The molecule has 114 valence electrons. The van der Waals surface area contributed by atoms with Crippen LogP contribution in [0.1, 0.15) is 35.2 Å². The van der Waals surface area contributed by atoms with Crippen molar-refractivity contribution in [3.8, 4) is 0 Å². The Morgan fingerprint density at radius 3 is 2.67 bits per heavy atom. The number of aryl methyl sites for hydroxylation is 1. The average molecular weight is 290 g/mol. The number of aliphatic hydroxyl groups is 1. The van der Waals surface area contributed by atoms with Crippen molar-refractivity contribution in [3.63, 3.8) is 0 Å². The molecule has 1 aliphatic rings. The van der Waals surface area contributed by atoms with E-state index in [1.807, 2.05) is 19.1 Å². The molecule has 1 fully saturated rings. The molecule has 0 spiro atoms. The lowest BCUT2D eigenvalue weighted by Gasteiger charge is -2.34. The Morgan fingerprint density at radius 2 is 2.00 bits per heavy atom. The van der Waals surface area contributed by atoms with Crippen LogP contribution in [-0.2, 0) is 4.79 Å². The molecular weight excluding hydrogens is 268 g/mol. The van der Waals surface area contributed by atoms with Gasteiger partial charge < -0.3 is 15.3 Å². The summed E-state index contributed by atoms with van der Waals surface area (Å²) in [7, 11) is 0. The summed E-state index contributed by atoms with van der Waals surface area (Å²) in [6.45, 7) is 2.57. The number of hydrogen-bond donors (Lipinski definition) is 2. The van der Waals surface area contributed by atoms with Gasteiger partial charge in [0.1, 0.15) is 0 Å². The normalized spacial score (nSPS) is 18.4. The fourth-order valence-corrected chi connectivity index (χ4v) is 2.58. The van der Waals surface area contributed by atoms with Crippen LogP contribution in [0, 0.1) is 6.92 Å². The van der Waals surface area contributed by atoms with Gasteiger partial charge in [-0.3, -0.25) is 9.59 Å². The van der Waals surface area contributed by atoms with Gasteiger partial charge in [0.25, 0.3) is 5.91 Å². The molecule has 2 N–H and O–H groups in total. The molecule has 2 amide bonds. The Kier molecular flexibility index (Phi) is 5.33. The van der Waals surface area contributed by atoms with Crippen molar-refractivity contribution in [3.05, 3.63) is 35.4 Å². The first-order valence-corrected chi connectivity index (χ1v) is 7.37. The van der Waals surface area contributed by atoms with Gasteiger partial charge in [0.05, 0.1) is 19.2 Å². The van der Waals surface area contributed by atoms with Crippen LogP contribution < -0.4 is 5.32 Å². The zero-order valence-corrected chi connectivity index (χ0v) is 12.3. The van der Waals surface area contributed by atoms with Gasteiger partial charge in [-0.15, -0.1) is 0 Å². The van der Waals surface area contributed by atoms with Crippen LogP contribution >= 0.6 is 0 Å². The van der Waals surface area contributed by atoms with Crippen LogP contribution in [0.15, 0.2) is 24.3 Å². The Balaban J connectivity index is 1.88. The second-order valence-electron chi connectivity index (χ2n) is 5.47. The third-order valence-corrected chi connectivity index (χ3v) is 3.87. The Labute approximate surface area is 125 Å². The number of nitrogens with one attached hydrogen (secondary N) is 1. The summed E-state index contributed by atoms with van der Waals surface area (Å²) in [5.41, 5.74) is 1.63. The van der Waals surface area contributed by atoms with Crippen molar-refractivity contribution in [2.75, 3.05) is 19.7 Å². The van der Waals surface area contributed by atoms with Crippen molar-refractivity contribution >= 4 is 11.8 Å². The fraction of sp³-hybridized carbons (Fsp3) is 0.500. The minimum absolute atomic E-state index is 0.0162. The topological polar surface area (TPSA) is 69.6 Å². The summed E-state index contributed by atoms with van der Waals surface area (Å²) in [6, 6.07) is 7.10. The second kappa shape index (κ2) is 7.22. The SMILES string of the molecule is Cc1ccc(C(=O)NCC(=O)N2CCCCC2CO)cc1. The van der Waals surface area contributed by atoms with Gasteiger partial charge in [0.15, 0.2) is 0 Å². The number of benzene rings is 1. The van der Waals surface area contributed by atoms with E-state index in [2.05, 4.69) is 5.32 Å². The third-order valence-electron chi connectivity index (χ3n) is 3.87. The van der Waals surface area contributed by atoms with Crippen LogP contribution in [0.2, 0.25) is 0 Å². The van der Waals surface area contributed by atoms with Crippen molar-refractivity contribution in [2.45, 2.75) is 32.2 Å². The van der Waals surface area contributed by atoms with E-state index in [9.17, 15) is 14.7 Å². The molecule has 1 aromatic carbocycles. The van der Waals surface area contributed by atoms with E-state index in [0.29, 0.717) is 12.1 Å². The average Bonchev–Trinajstić information content (AvgIpc) is 2.52. The van der Waals surface area contributed by atoms with Crippen molar-refractivity contribution < 1.29 is 14.7 Å². The quantitative estimate of drug-likeness (QED) is 0.872. The van der Waals surface area contributed by atoms with Gasteiger partial charge in [-0.1, -0.05) is 17.7 Å². The minimum Gasteiger partial charge on any atom is -0.394 e. The predicted octanol–water partition coefficient (Wildman–Crippen LogP) is 1.10. The molecule has 0 aliphatic carbocycles. The Bertz CT molecular complexity index is 499. The van der Waals surface area contributed by atoms with E-state index in [1.54, 1.807) is 17.0 Å². The molecule has 1 aromatic rings. The third kappa shape index (κ3) is 4.04. The first-order valence-electron chi connectivity index (χ1n) is 7.37. The lowest BCUT2D eigenvalue weighted by Crippen LogP contribution is -2.49. The van der Waals surface area contributed by atoms with Crippen molar-refractivity contribution in [2.24, 2.45) is 0 Å². The second-order valence-corrected chi connectivity index (χ2v) is 5.47. The van der Waals surface area contributed by atoms with Crippen LogP contribution in [-0.4, -0.2) is 47.6 Å². The number of likely N-dealkylation sites (tertiary alicyclic amines) is 1. The fourth-order valence-electron chi connectivity index (χ4n) is 2.58. The molecule has 0 radical (unpaired) electrons. The van der Waals surface area contributed by atoms with Gasteiger partial charge in [-0.05, 0) is 38.3 Å². The summed E-state index contributed by atoms with van der Waals surface area (Å²) < 4.78 is 0. The van der Waals surface area contributed by atoms with E-state index < -0.39 is 0 Å². The van der Waals surface area contributed by atoms with Gasteiger partial charge in [0.2, 0.25) is 5.91 Å². The molecule has 0 saturated carbocycles. The number of nitrogens with zero attached hydrogens (tertiary/aromatic N) is 1. The monoisotopic (exact) mass is 290 g/mol. The highest BCUT2D eigenvalue weighted by Gasteiger charge is 2.25. The summed E-state index contributed by atoms with van der Waals surface area (Å²) >= 11 is 0. The van der Waals surface area contributed by atoms with Crippen LogP contribution in [0.4, 0.5) is 0 Å². The molecule has 5 nitrogen and oxygen atoms in total. The first-order chi connectivity index (χ1) is 10.1. The number of hydrogen-bond acceptors (Lipinski definition) is 3. The molecule has 5 heteroatoms. The molecule has 1 heterocycles. The van der Waals surface area contributed by atoms with E-state index in [0.717, 1.165) is 24.8 Å². The summed E-state index contributed by atoms with van der Waals surface area (Å²) in [5.74, 6) is -0.380. The zero-order valence-electron chi connectivity index (χ0n) is 12.3. The van der Waals surface area contributed by atoms with Crippen LogP contribution in [0.5, 0.6) is 0 Å². The molecule has 21 heavy (non-hydrogen) atoms. The standard InChI is InChI=1S/C16H22N2O3/c1-12-5-7-13(8-6-12)16(21)17-10-15(20)18-9-3-2-4-14(18)11-19/h5-8,14,19H,2-4,9-11H2,1H3,(H,17,21). The van der Waals surface area contributed by atoms with Crippen molar-refractivity contribution in [1.29, 1.82) is 0 Å². The molecular formula is C16H22N2O3. The number of carbonyl (C=O) groups excluding carboxylic acids is 2. The molecule has 0 aromatic heterocycles. The summed E-state index contributed by atoms with van der Waals surface area (Å²) in [5, 5.41) is 12.0. The number of aliphatic hydroxyl groups excluding tert-OH is 1. The lowest BCUT2D eigenvalue weighted by atomic mass is 10.0. The molecule has 1 unspecified atom stereocenters. The molecule has 1 aliphatic heterocycles. The maximum Gasteiger partial charge on any atom is 0.251 e. The van der Waals surface area contributed by atoms with Crippen molar-refractivity contribution in [1.82, 2.24) is 10.2 Å². The highest BCUT2D eigenvalue weighted by molar-refractivity contribution is 5.96. The van der Waals surface area contributed by atoms with Gasteiger partial charge >= 0.3 is 0 Å². The van der Waals surface area contributed by atoms with Crippen LogP contribution in [0.25, 0.3) is 0 Å². The zero-order chi connectivity index (χ0) is 15.2. The van der Waals surface area contributed by atoms with Gasteiger partial charge in [-0.2, -0.15) is 0 Å². The first kappa shape index (κ1) is 15.5.